The van der Waals surface area contributed by atoms with E-state index in [9.17, 15) is 4.39 Å². The van der Waals surface area contributed by atoms with Crippen molar-refractivity contribution >= 4 is 23.5 Å². The van der Waals surface area contributed by atoms with E-state index >= 15 is 0 Å². The van der Waals surface area contributed by atoms with Crippen LogP contribution >= 0.6 is 0 Å². The third-order valence-electron chi connectivity index (χ3n) is 3.04. The zero-order chi connectivity index (χ0) is 15.1. The second kappa shape index (κ2) is 7.33. The van der Waals surface area contributed by atoms with Crippen LogP contribution in [-0.2, 0) is 0 Å². The van der Waals surface area contributed by atoms with E-state index in [4.69, 9.17) is 10.5 Å². The van der Waals surface area contributed by atoms with Crippen LogP contribution in [0.15, 0.2) is 42.5 Å². The molecule has 3 nitrogen and oxygen atoms in total. The molecule has 2 rings (SSSR count). The van der Waals surface area contributed by atoms with Crippen molar-refractivity contribution in [3.63, 3.8) is 0 Å². The molecular weight excluding hydrogens is 266 g/mol. The summed E-state index contributed by atoms with van der Waals surface area (Å²) >= 11 is 0. The van der Waals surface area contributed by atoms with Crippen LogP contribution in [0.4, 0.5) is 15.8 Å². The number of benzene rings is 2. The molecule has 0 spiro atoms. The molecule has 21 heavy (non-hydrogen) atoms. The lowest BCUT2D eigenvalue weighted by Gasteiger charge is -2.07. The van der Waals surface area contributed by atoms with Crippen LogP contribution < -0.4 is 15.8 Å². The standard InChI is InChI=1S/C17H19FN2O/c1-20-15-7-4-13(5-8-15)2-3-14-6-9-16(19)17(12-14)21-11-10-18/h2-9,12,20H,10-11,19H2,1H3/b3-2+/i18-1. The number of nitrogens with one attached hydrogen (secondary N) is 1. The molecular formula is C17H19FN2O. The van der Waals surface area contributed by atoms with Gasteiger partial charge in [-0.3, -0.25) is 0 Å². The Morgan fingerprint density at radius 3 is 2.43 bits per heavy atom. The topological polar surface area (TPSA) is 47.3 Å². The molecule has 0 aliphatic carbocycles. The first-order valence-corrected chi connectivity index (χ1v) is 6.77. The van der Waals surface area contributed by atoms with Crippen molar-refractivity contribution < 1.29 is 9.13 Å². The number of hydrogen-bond acceptors (Lipinski definition) is 3. The Labute approximate surface area is 124 Å². The highest BCUT2D eigenvalue weighted by atomic mass is 18.2. The maximum absolute atomic E-state index is 12.2. The minimum Gasteiger partial charge on any atom is -0.489 e. The van der Waals surface area contributed by atoms with Crippen molar-refractivity contribution in [3.8, 4) is 5.75 Å². The quantitative estimate of drug-likeness (QED) is 0.626. The molecule has 2 aromatic rings. The molecule has 0 saturated heterocycles. The normalized spacial score (nSPS) is 10.8. The van der Waals surface area contributed by atoms with Crippen LogP contribution in [0.2, 0.25) is 0 Å². The van der Waals surface area contributed by atoms with E-state index in [0.29, 0.717) is 11.4 Å². The maximum Gasteiger partial charge on any atom is 0.142 e. The monoisotopic (exact) mass is 285 g/mol. The maximum atomic E-state index is 12.2. The Hall–Kier alpha value is -2.49. The minimum absolute atomic E-state index is 0.0167. The van der Waals surface area contributed by atoms with Gasteiger partial charge in [-0.15, -0.1) is 0 Å². The van der Waals surface area contributed by atoms with Gasteiger partial charge in [-0.05, 0) is 35.4 Å². The largest absolute Gasteiger partial charge is 0.489 e. The lowest BCUT2D eigenvalue weighted by atomic mass is 10.1. The van der Waals surface area contributed by atoms with Gasteiger partial charge in [-0.2, -0.15) is 0 Å². The van der Waals surface area contributed by atoms with Crippen molar-refractivity contribution in [2.75, 3.05) is 31.4 Å². The highest BCUT2D eigenvalue weighted by Crippen LogP contribution is 2.24. The van der Waals surface area contributed by atoms with Crippen LogP contribution in [0.1, 0.15) is 11.1 Å². The van der Waals surface area contributed by atoms with Crippen LogP contribution in [0, 0.1) is 0 Å². The molecule has 0 unspecified atom stereocenters. The molecule has 0 heterocycles. The zero-order valence-electron chi connectivity index (χ0n) is 12.0. The summed E-state index contributed by atoms with van der Waals surface area (Å²) in [4.78, 5) is 0. The average Bonchev–Trinajstić information content (AvgIpc) is 2.53. The number of hydrogen-bond donors (Lipinski definition) is 2. The fraction of sp³-hybridized carbons (Fsp3) is 0.176. The molecule has 0 amide bonds. The minimum atomic E-state index is -0.530. The fourth-order valence-electron chi connectivity index (χ4n) is 1.88. The summed E-state index contributed by atoms with van der Waals surface area (Å²) in [6.07, 6.45) is 3.97. The Morgan fingerprint density at radius 1 is 1.10 bits per heavy atom. The molecule has 0 aromatic heterocycles. The van der Waals surface area contributed by atoms with Gasteiger partial charge in [0.1, 0.15) is 19.0 Å². The van der Waals surface area contributed by atoms with Gasteiger partial charge in [0.15, 0.2) is 0 Å². The number of nitrogen functional groups attached to an aromatic ring is 1. The Morgan fingerprint density at radius 2 is 1.76 bits per heavy atom. The number of halogens is 1. The summed E-state index contributed by atoms with van der Waals surface area (Å²) in [6, 6.07) is 13.5. The predicted molar refractivity (Wildman–Crippen MR) is 87.2 cm³/mol. The first kappa shape index (κ1) is 14.9. The molecule has 110 valence electrons. The van der Waals surface area contributed by atoms with Crippen LogP contribution in [-0.4, -0.2) is 20.3 Å². The Bertz CT molecular complexity index is 609. The summed E-state index contributed by atoms with van der Waals surface area (Å²) < 4.78 is 17.4. The smallest absolute Gasteiger partial charge is 0.142 e. The third kappa shape index (κ3) is 4.24. The summed E-state index contributed by atoms with van der Waals surface area (Å²) in [5.74, 6) is 0.514. The van der Waals surface area contributed by atoms with Gasteiger partial charge in [0, 0.05) is 12.7 Å². The molecule has 3 N–H and O–H groups in total. The van der Waals surface area contributed by atoms with Crippen molar-refractivity contribution in [1.29, 1.82) is 0 Å². The second-order valence-corrected chi connectivity index (χ2v) is 4.54. The van der Waals surface area contributed by atoms with Gasteiger partial charge in [0.2, 0.25) is 0 Å². The molecule has 0 aliphatic heterocycles. The van der Waals surface area contributed by atoms with E-state index in [2.05, 4.69) is 5.32 Å². The van der Waals surface area contributed by atoms with Crippen LogP contribution in [0.25, 0.3) is 12.2 Å². The molecule has 0 radical (unpaired) electrons. The Kier molecular flexibility index (Phi) is 5.21. The molecule has 4 heteroatoms. The van der Waals surface area contributed by atoms with E-state index in [0.717, 1.165) is 16.8 Å². The van der Waals surface area contributed by atoms with Crippen molar-refractivity contribution in [2.45, 2.75) is 0 Å². The van der Waals surface area contributed by atoms with Crippen molar-refractivity contribution in [2.24, 2.45) is 0 Å². The third-order valence-corrected chi connectivity index (χ3v) is 3.04. The summed E-state index contributed by atoms with van der Waals surface area (Å²) in [5.41, 5.74) is 9.42. The predicted octanol–water partition coefficient (Wildman–Crippen LogP) is 3.83. The molecule has 0 atom stereocenters. The van der Waals surface area contributed by atoms with E-state index in [1.807, 2.05) is 55.6 Å². The highest BCUT2D eigenvalue weighted by Gasteiger charge is 2.01. The lowest BCUT2D eigenvalue weighted by molar-refractivity contribution is 0.274. The van der Waals surface area contributed by atoms with Crippen LogP contribution in [0.5, 0.6) is 5.75 Å². The summed E-state index contributed by atoms with van der Waals surface area (Å²) in [7, 11) is 1.89. The number of nitrogens with two attached hydrogens (primary N) is 1. The molecule has 0 fully saturated rings. The Balaban J connectivity index is 2.12. The van der Waals surface area contributed by atoms with Gasteiger partial charge in [0.25, 0.3) is 0 Å². The van der Waals surface area contributed by atoms with E-state index in [1.165, 1.54) is 0 Å². The van der Waals surface area contributed by atoms with E-state index in [-0.39, 0.29) is 6.61 Å². The molecule has 0 bridgehead atoms. The average molecular weight is 285 g/mol. The van der Waals surface area contributed by atoms with Gasteiger partial charge in [-0.1, -0.05) is 30.4 Å². The number of anilines is 2. The van der Waals surface area contributed by atoms with E-state index in [1.54, 1.807) is 6.07 Å². The molecule has 0 saturated carbocycles. The van der Waals surface area contributed by atoms with Gasteiger partial charge >= 0.3 is 0 Å². The van der Waals surface area contributed by atoms with Gasteiger partial charge in [0.05, 0.1) is 5.69 Å². The van der Waals surface area contributed by atoms with Gasteiger partial charge < -0.3 is 15.8 Å². The van der Waals surface area contributed by atoms with Crippen molar-refractivity contribution in [3.05, 3.63) is 53.6 Å². The summed E-state index contributed by atoms with van der Waals surface area (Å²) in [6.45, 7) is -0.514. The first-order valence-electron chi connectivity index (χ1n) is 6.77. The second-order valence-electron chi connectivity index (χ2n) is 4.54. The number of ether oxygens (including phenoxy) is 1. The fourth-order valence-corrected chi connectivity index (χ4v) is 1.88. The molecule has 2 aromatic carbocycles. The van der Waals surface area contributed by atoms with E-state index < -0.39 is 6.67 Å². The lowest BCUT2D eigenvalue weighted by Crippen LogP contribution is -2.01. The SMILES string of the molecule is CNc1ccc(/C=C/c2ccc(N)c(OCC[18F])c2)cc1. The number of rotatable bonds is 6. The first-order chi connectivity index (χ1) is 10.2. The highest BCUT2D eigenvalue weighted by molar-refractivity contribution is 5.72. The summed E-state index contributed by atoms with van der Waals surface area (Å²) in [5, 5.41) is 3.08. The zero-order valence-corrected chi connectivity index (χ0v) is 12.0. The number of alkyl halides is 1. The molecule has 0 aliphatic rings. The van der Waals surface area contributed by atoms with Gasteiger partial charge in [-0.25, -0.2) is 4.39 Å². The van der Waals surface area contributed by atoms with Crippen LogP contribution in [0.3, 0.4) is 0 Å². The van der Waals surface area contributed by atoms with Crippen molar-refractivity contribution in [1.82, 2.24) is 0 Å².